The summed E-state index contributed by atoms with van der Waals surface area (Å²) in [4.78, 5) is 26.4. The molecule has 0 saturated heterocycles. The molecule has 2 aromatic heterocycles. The van der Waals surface area contributed by atoms with Crippen molar-refractivity contribution in [2.24, 2.45) is 0 Å². The van der Waals surface area contributed by atoms with E-state index in [1.165, 1.54) is 17.5 Å². The highest BCUT2D eigenvalue weighted by Crippen LogP contribution is 2.42. The molecule has 1 aliphatic rings. The standard InChI is InChI=1S/C33H32F6N4O4/c1-19-14-25-27(29(21-8-9-21)42-43(25)26(15-19)46-17-22-23(34)10-11-24(35)28(22)36)30(44)40-18-32(2,12-13-33(37,38)39)41-31(45)47-16-20-6-4-3-5-7-20/h3-7,10-11,14-15,21H,8-9,12-13,16-18H2,1-2H3,(H,40,44)(H,41,45). The normalized spacial score (nSPS) is 14.5. The Kier molecular flexibility index (Phi) is 9.68. The van der Waals surface area contributed by atoms with Gasteiger partial charge in [0, 0.05) is 24.9 Å². The number of fused-ring (bicyclic) bond motifs is 1. The Hall–Kier alpha value is -4.75. The highest BCUT2D eigenvalue weighted by Gasteiger charge is 2.37. The van der Waals surface area contributed by atoms with Crippen LogP contribution in [-0.4, -0.2) is 39.9 Å². The Morgan fingerprint density at radius 1 is 0.979 bits per heavy atom. The highest BCUT2D eigenvalue weighted by atomic mass is 19.4. The summed E-state index contributed by atoms with van der Waals surface area (Å²) in [5.41, 5.74) is -0.0557. The van der Waals surface area contributed by atoms with E-state index in [1.807, 2.05) is 0 Å². The molecule has 2 amide bonds. The van der Waals surface area contributed by atoms with Gasteiger partial charge in [0.2, 0.25) is 5.88 Å². The number of alkyl carbamates (subject to hydrolysis) is 1. The number of nitrogens with zero attached hydrogens (tertiary/aromatic N) is 2. The number of aryl methyl sites for hydroxylation is 1. The maximum Gasteiger partial charge on any atom is 0.407 e. The Balaban J connectivity index is 1.37. The van der Waals surface area contributed by atoms with E-state index >= 15 is 0 Å². The molecule has 1 fully saturated rings. The largest absolute Gasteiger partial charge is 0.473 e. The van der Waals surface area contributed by atoms with Gasteiger partial charge in [-0.05, 0) is 62.4 Å². The van der Waals surface area contributed by atoms with Crippen LogP contribution in [0.4, 0.5) is 31.1 Å². The van der Waals surface area contributed by atoms with Crippen LogP contribution in [0.15, 0.2) is 54.6 Å². The molecule has 8 nitrogen and oxygen atoms in total. The Morgan fingerprint density at radius 3 is 2.36 bits per heavy atom. The van der Waals surface area contributed by atoms with Crippen LogP contribution >= 0.6 is 0 Å². The summed E-state index contributed by atoms with van der Waals surface area (Å²) in [6.45, 7) is 1.92. The molecule has 250 valence electrons. The number of ether oxygens (including phenoxy) is 2. The topological polar surface area (TPSA) is 94.0 Å². The number of benzene rings is 2. The molecule has 1 saturated carbocycles. The second-order valence-corrected chi connectivity index (χ2v) is 11.9. The fourth-order valence-electron chi connectivity index (χ4n) is 5.07. The molecular formula is C33H32F6N4O4. The van der Waals surface area contributed by atoms with E-state index in [1.54, 1.807) is 43.3 Å². The lowest BCUT2D eigenvalue weighted by atomic mass is 9.95. The predicted octanol–water partition coefficient (Wildman–Crippen LogP) is 7.27. The lowest BCUT2D eigenvalue weighted by Gasteiger charge is -2.31. The number of pyridine rings is 1. The minimum absolute atomic E-state index is 0.0295. The molecule has 0 spiro atoms. The van der Waals surface area contributed by atoms with Gasteiger partial charge in [-0.2, -0.15) is 22.8 Å². The number of halogens is 6. The minimum atomic E-state index is -4.52. The second kappa shape index (κ2) is 13.5. The lowest BCUT2D eigenvalue weighted by Crippen LogP contribution is -2.54. The van der Waals surface area contributed by atoms with Crippen molar-refractivity contribution in [3.8, 4) is 5.88 Å². The lowest BCUT2D eigenvalue weighted by molar-refractivity contribution is -0.138. The van der Waals surface area contributed by atoms with Crippen molar-refractivity contribution in [2.75, 3.05) is 6.54 Å². The predicted molar refractivity (Wildman–Crippen MR) is 158 cm³/mol. The first-order valence-electron chi connectivity index (χ1n) is 14.9. The van der Waals surface area contributed by atoms with Crippen LogP contribution in [0.2, 0.25) is 0 Å². The molecule has 2 heterocycles. The zero-order valence-corrected chi connectivity index (χ0v) is 25.5. The monoisotopic (exact) mass is 662 g/mol. The third-order valence-corrected chi connectivity index (χ3v) is 7.78. The van der Waals surface area contributed by atoms with Gasteiger partial charge in [0.05, 0.1) is 27.9 Å². The zero-order valence-electron chi connectivity index (χ0n) is 25.5. The van der Waals surface area contributed by atoms with Crippen molar-refractivity contribution in [1.82, 2.24) is 20.2 Å². The van der Waals surface area contributed by atoms with Crippen molar-refractivity contribution in [3.05, 3.63) is 100.0 Å². The number of hydrogen-bond acceptors (Lipinski definition) is 5. The number of hydrogen-bond donors (Lipinski definition) is 2. The molecule has 5 rings (SSSR count). The molecule has 1 unspecified atom stereocenters. The molecule has 0 bridgehead atoms. The zero-order chi connectivity index (χ0) is 33.9. The molecule has 2 N–H and O–H groups in total. The van der Waals surface area contributed by atoms with Gasteiger partial charge in [0.1, 0.15) is 19.0 Å². The summed E-state index contributed by atoms with van der Waals surface area (Å²) in [6.07, 6.45) is -5.78. The third-order valence-electron chi connectivity index (χ3n) is 7.78. The van der Waals surface area contributed by atoms with Crippen molar-refractivity contribution in [2.45, 2.75) is 70.4 Å². The van der Waals surface area contributed by atoms with E-state index in [0.717, 1.165) is 18.9 Å². The number of rotatable bonds is 12. The van der Waals surface area contributed by atoms with Crippen LogP contribution < -0.4 is 15.4 Å². The number of carbonyl (C=O) groups excluding carboxylic acids is 2. The van der Waals surface area contributed by atoms with Gasteiger partial charge in [0.25, 0.3) is 5.91 Å². The van der Waals surface area contributed by atoms with Crippen LogP contribution in [0.25, 0.3) is 5.52 Å². The fraction of sp³-hybridized carbons (Fsp3) is 0.364. The van der Waals surface area contributed by atoms with Crippen molar-refractivity contribution < 1.29 is 45.4 Å². The Labute approximate surface area is 266 Å². The van der Waals surface area contributed by atoms with E-state index in [0.29, 0.717) is 22.9 Å². The molecule has 14 heteroatoms. The summed E-state index contributed by atoms with van der Waals surface area (Å²) in [5.74, 6) is -4.34. The summed E-state index contributed by atoms with van der Waals surface area (Å²) in [6, 6.07) is 13.3. The van der Waals surface area contributed by atoms with E-state index in [9.17, 15) is 35.9 Å². The quantitative estimate of drug-likeness (QED) is 0.123. The van der Waals surface area contributed by atoms with Gasteiger partial charge >= 0.3 is 12.3 Å². The summed E-state index contributed by atoms with van der Waals surface area (Å²) in [5, 5.41) is 9.70. The van der Waals surface area contributed by atoms with Crippen LogP contribution in [0.1, 0.15) is 71.3 Å². The summed E-state index contributed by atoms with van der Waals surface area (Å²) >= 11 is 0. The van der Waals surface area contributed by atoms with Gasteiger partial charge < -0.3 is 20.1 Å². The number of amides is 2. The van der Waals surface area contributed by atoms with Gasteiger partial charge in [-0.15, -0.1) is 0 Å². The van der Waals surface area contributed by atoms with Crippen molar-refractivity contribution in [1.29, 1.82) is 0 Å². The van der Waals surface area contributed by atoms with Crippen molar-refractivity contribution in [3.63, 3.8) is 0 Å². The van der Waals surface area contributed by atoms with Gasteiger partial charge in [-0.1, -0.05) is 30.3 Å². The first kappa shape index (κ1) is 33.6. The SMILES string of the molecule is Cc1cc(OCc2c(F)ccc(F)c2F)n2nc(C3CC3)c(C(=O)NCC(C)(CCC(F)(F)F)NC(=O)OCc3ccccc3)c2c1. The summed E-state index contributed by atoms with van der Waals surface area (Å²) in [7, 11) is 0. The van der Waals surface area contributed by atoms with E-state index in [4.69, 9.17) is 9.47 Å². The molecule has 4 aromatic rings. The molecule has 0 aliphatic heterocycles. The first-order chi connectivity index (χ1) is 22.2. The van der Waals surface area contributed by atoms with Crippen LogP contribution in [0.5, 0.6) is 5.88 Å². The second-order valence-electron chi connectivity index (χ2n) is 11.9. The first-order valence-corrected chi connectivity index (χ1v) is 14.9. The number of alkyl halides is 3. The molecule has 1 atom stereocenters. The maximum atomic E-state index is 14.3. The molecule has 0 radical (unpaired) electrons. The number of aromatic nitrogens is 2. The number of nitrogens with one attached hydrogen (secondary N) is 2. The van der Waals surface area contributed by atoms with Crippen LogP contribution in [0.3, 0.4) is 0 Å². The third kappa shape index (κ3) is 8.35. The minimum Gasteiger partial charge on any atom is -0.473 e. The Bertz CT molecular complexity index is 1770. The van der Waals surface area contributed by atoms with Gasteiger partial charge in [-0.3, -0.25) is 4.79 Å². The summed E-state index contributed by atoms with van der Waals surface area (Å²) < 4.78 is 94.2. The van der Waals surface area contributed by atoms with E-state index < -0.39 is 66.2 Å². The average Bonchev–Trinajstić information content (AvgIpc) is 3.80. The maximum absolute atomic E-state index is 14.3. The Morgan fingerprint density at radius 2 is 1.68 bits per heavy atom. The smallest absolute Gasteiger partial charge is 0.407 e. The molecule has 47 heavy (non-hydrogen) atoms. The number of carbonyl (C=O) groups is 2. The molecular weight excluding hydrogens is 630 g/mol. The van der Waals surface area contributed by atoms with E-state index in [-0.39, 0.29) is 36.0 Å². The van der Waals surface area contributed by atoms with Crippen LogP contribution in [-0.2, 0) is 18.0 Å². The highest BCUT2D eigenvalue weighted by molar-refractivity contribution is 6.02. The van der Waals surface area contributed by atoms with Crippen molar-refractivity contribution >= 4 is 17.5 Å². The fourth-order valence-corrected chi connectivity index (χ4v) is 5.07. The average molecular weight is 663 g/mol. The van der Waals surface area contributed by atoms with E-state index in [2.05, 4.69) is 15.7 Å². The van der Waals surface area contributed by atoms with Crippen LogP contribution in [0, 0.1) is 24.4 Å². The van der Waals surface area contributed by atoms with Gasteiger partial charge in [0.15, 0.2) is 11.6 Å². The molecule has 2 aromatic carbocycles. The van der Waals surface area contributed by atoms with Gasteiger partial charge in [-0.25, -0.2) is 18.0 Å². The molecule has 1 aliphatic carbocycles.